The molecule has 0 heterocycles. The molecule has 0 radical (unpaired) electrons. The third-order valence-electron chi connectivity index (χ3n) is 4.29. The fourth-order valence-electron chi connectivity index (χ4n) is 3.33. The minimum absolute atomic E-state index is 0.245. The molecule has 0 saturated heterocycles. The molecular weight excluding hydrogens is 280 g/mol. The summed E-state index contributed by atoms with van der Waals surface area (Å²) in [6.45, 7) is 8.51. The molecule has 0 aromatic heterocycles. The van der Waals surface area contributed by atoms with Crippen molar-refractivity contribution < 1.29 is 20.1 Å². The highest BCUT2D eigenvalue weighted by molar-refractivity contribution is 4.80. The van der Waals surface area contributed by atoms with E-state index in [2.05, 4.69) is 13.8 Å². The molecule has 0 aliphatic rings. The van der Waals surface area contributed by atoms with Crippen molar-refractivity contribution in [2.45, 2.75) is 109 Å². The van der Waals surface area contributed by atoms with E-state index in [-0.39, 0.29) is 6.42 Å². The van der Waals surface area contributed by atoms with E-state index in [1.165, 1.54) is 0 Å². The first kappa shape index (κ1) is 21.8. The van der Waals surface area contributed by atoms with Gasteiger partial charge in [0.1, 0.15) is 0 Å². The van der Waals surface area contributed by atoms with Gasteiger partial charge in [-0.3, -0.25) is 0 Å². The van der Waals surface area contributed by atoms with Gasteiger partial charge in [0.05, 0.1) is 17.8 Å². The summed E-state index contributed by atoms with van der Waals surface area (Å²) in [5.74, 6) is 0. The zero-order chi connectivity index (χ0) is 17.1. The maximum Gasteiger partial charge on any atom is 0.157 e. The monoisotopic (exact) mass is 318 g/mol. The van der Waals surface area contributed by atoms with E-state index in [0.29, 0.717) is 25.9 Å². The molecular formula is C18H38O4. The zero-order valence-electron chi connectivity index (χ0n) is 15.1. The molecule has 3 N–H and O–H groups in total. The Bertz CT molecular complexity index is 256. The number of hydrogen-bond acceptors (Lipinski definition) is 4. The fraction of sp³-hybridized carbons (Fsp3) is 1.00. The molecule has 1 unspecified atom stereocenters. The smallest absolute Gasteiger partial charge is 0.157 e. The Balaban J connectivity index is 4.27. The van der Waals surface area contributed by atoms with Crippen LogP contribution in [0, 0.1) is 0 Å². The standard InChI is InChI=1S/C18H38O4/c1-5-9-17(20,10-6-2)13-14-22-16(19)15-18(21,11-7-3)12-8-4/h16,19-21H,5-15H2,1-4H3. The van der Waals surface area contributed by atoms with Gasteiger partial charge in [-0.05, 0) is 32.1 Å². The number of rotatable bonds is 14. The zero-order valence-corrected chi connectivity index (χ0v) is 15.1. The van der Waals surface area contributed by atoms with Crippen LogP contribution in [0.1, 0.15) is 91.9 Å². The van der Waals surface area contributed by atoms with Gasteiger partial charge in [0.25, 0.3) is 0 Å². The van der Waals surface area contributed by atoms with Gasteiger partial charge in [-0.25, -0.2) is 0 Å². The van der Waals surface area contributed by atoms with Crippen LogP contribution in [0.2, 0.25) is 0 Å². The summed E-state index contributed by atoms with van der Waals surface area (Å²) in [6, 6.07) is 0. The van der Waals surface area contributed by atoms with Gasteiger partial charge in [-0.2, -0.15) is 0 Å². The summed E-state index contributed by atoms with van der Waals surface area (Å²) >= 11 is 0. The van der Waals surface area contributed by atoms with Crippen molar-refractivity contribution in [3.8, 4) is 0 Å². The number of aliphatic hydroxyl groups excluding tert-OH is 1. The fourth-order valence-corrected chi connectivity index (χ4v) is 3.33. The van der Waals surface area contributed by atoms with Gasteiger partial charge in [0, 0.05) is 6.42 Å². The molecule has 1 atom stereocenters. The molecule has 134 valence electrons. The van der Waals surface area contributed by atoms with Crippen molar-refractivity contribution in [1.82, 2.24) is 0 Å². The summed E-state index contributed by atoms with van der Waals surface area (Å²) in [6.07, 6.45) is 6.33. The van der Waals surface area contributed by atoms with Crippen LogP contribution in [0.5, 0.6) is 0 Å². The first-order valence-corrected chi connectivity index (χ1v) is 9.09. The average Bonchev–Trinajstić information content (AvgIpc) is 2.39. The summed E-state index contributed by atoms with van der Waals surface area (Å²) in [5, 5.41) is 31.1. The third-order valence-corrected chi connectivity index (χ3v) is 4.29. The van der Waals surface area contributed by atoms with Gasteiger partial charge in [-0.15, -0.1) is 0 Å². The van der Waals surface area contributed by atoms with Crippen molar-refractivity contribution in [2.75, 3.05) is 6.61 Å². The molecule has 0 bridgehead atoms. The lowest BCUT2D eigenvalue weighted by Gasteiger charge is -2.31. The predicted octanol–water partition coefficient (Wildman–Crippen LogP) is 3.76. The number of hydrogen-bond donors (Lipinski definition) is 3. The largest absolute Gasteiger partial charge is 0.390 e. The Kier molecular flexibility index (Phi) is 11.3. The van der Waals surface area contributed by atoms with Crippen LogP contribution in [0.4, 0.5) is 0 Å². The Morgan fingerprint density at radius 1 is 0.727 bits per heavy atom. The molecule has 0 aliphatic carbocycles. The lowest BCUT2D eigenvalue weighted by molar-refractivity contribution is -0.153. The van der Waals surface area contributed by atoms with Gasteiger partial charge < -0.3 is 20.1 Å². The topological polar surface area (TPSA) is 69.9 Å². The summed E-state index contributed by atoms with van der Waals surface area (Å²) in [7, 11) is 0. The molecule has 0 aliphatic heterocycles. The van der Waals surface area contributed by atoms with E-state index in [1.807, 2.05) is 13.8 Å². The van der Waals surface area contributed by atoms with Crippen LogP contribution >= 0.6 is 0 Å². The van der Waals surface area contributed by atoms with E-state index in [4.69, 9.17) is 4.74 Å². The molecule has 0 fully saturated rings. The summed E-state index contributed by atoms with van der Waals surface area (Å²) in [4.78, 5) is 0. The second-order valence-corrected chi connectivity index (χ2v) is 6.73. The van der Waals surface area contributed by atoms with Crippen molar-refractivity contribution in [3.05, 3.63) is 0 Å². The normalized spacial score (nSPS) is 14.3. The molecule has 0 spiro atoms. The molecule has 4 nitrogen and oxygen atoms in total. The quantitative estimate of drug-likeness (QED) is 0.426. The van der Waals surface area contributed by atoms with Crippen LogP contribution in [0.25, 0.3) is 0 Å². The summed E-state index contributed by atoms with van der Waals surface area (Å²) < 4.78 is 5.45. The SMILES string of the molecule is CCCC(O)(CCC)CCOC(O)CC(O)(CCC)CCC. The van der Waals surface area contributed by atoms with E-state index >= 15 is 0 Å². The Hall–Kier alpha value is -0.160. The minimum Gasteiger partial charge on any atom is -0.390 e. The first-order chi connectivity index (χ1) is 10.3. The minimum atomic E-state index is -0.962. The second kappa shape index (κ2) is 11.4. The van der Waals surface area contributed by atoms with Crippen molar-refractivity contribution in [1.29, 1.82) is 0 Å². The van der Waals surface area contributed by atoms with Crippen LogP contribution < -0.4 is 0 Å². The van der Waals surface area contributed by atoms with Crippen molar-refractivity contribution in [3.63, 3.8) is 0 Å². The van der Waals surface area contributed by atoms with Crippen molar-refractivity contribution in [2.24, 2.45) is 0 Å². The van der Waals surface area contributed by atoms with Crippen LogP contribution in [0.15, 0.2) is 0 Å². The Labute approximate surface area is 136 Å². The summed E-state index contributed by atoms with van der Waals surface area (Å²) in [5.41, 5.74) is -1.53. The van der Waals surface area contributed by atoms with E-state index < -0.39 is 17.5 Å². The highest BCUT2D eigenvalue weighted by Crippen LogP contribution is 2.27. The maximum atomic E-state index is 10.5. The van der Waals surface area contributed by atoms with E-state index in [9.17, 15) is 15.3 Å². The van der Waals surface area contributed by atoms with Gasteiger partial charge in [0.2, 0.25) is 0 Å². The molecule has 22 heavy (non-hydrogen) atoms. The molecule has 0 saturated carbocycles. The Morgan fingerprint density at radius 2 is 1.14 bits per heavy atom. The van der Waals surface area contributed by atoms with Gasteiger partial charge in [0.15, 0.2) is 6.29 Å². The average molecular weight is 318 g/mol. The third kappa shape index (κ3) is 9.09. The highest BCUT2D eigenvalue weighted by Gasteiger charge is 2.29. The molecule has 0 aromatic rings. The van der Waals surface area contributed by atoms with Gasteiger partial charge >= 0.3 is 0 Å². The molecule has 0 rings (SSSR count). The number of aliphatic hydroxyl groups is 3. The molecule has 0 aromatic carbocycles. The highest BCUT2D eigenvalue weighted by atomic mass is 16.6. The van der Waals surface area contributed by atoms with Crippen LogP contribution in [-0.2, 0) is 4.74 Å². The predicted molar refractivity (Wildman–Crippen MR) is 90.7 cm³/mol. The van der Waals surface area contributed by atoms with Gasteiger partial charge in [-0.1, -0.05) is 53.4 Å². The maximum absolute atomic E-state index is 10.5. The van der Waals surface area contributed by atoms with E-state index in [0.717, 1.165) is 38.5 Å². The Morgan fingerprint density at radius 3 is 1.55 bits per heavy atom. The number of ether oxygens (including phenoxy) is 1. The lowest BCUT2D eigenvalue weighted by Crippen LogP contribution is -2.35. The first-order valence-electron chi connectivity index (χ1n) is 9.09. The molecule has 4 heteroatoms. The van der Waals surface area contributed by atoms with Crippen molar-refractivity contribution >= 4 is 0 Å². The van der Waals surface area contributed by atoms with E-state index in [1.54, 1.807) is 0 Å². The second-order valence-electron chi connectivity index (χ2n) is 6.73. The lowest BCUT2D eigenvalue weighted by atomic mass is 9.89. The molecule has 0 amide bonds. The van der Waals surface area contributed by atoms with Crippen LogP contribution in [-0.4, -0.2) is 39.4 Å². The van der Waals surface area contributed by atoms with Crippen LogP contribution in [0.3, 0.4) is 0 Å².